The molecule has 0 radical (unpaired) electrons. The summed E-state index contributed by atoms with van der Waals surface area (Å²) in [6.07, 6.45) is 0. The van der Waals surface area contributed by atoms with Gasteiger partial charge in [0, 0.05) is 31.7 Å². The lowest BCUT2D eigenvalue weighted by molar-refractivity contribution is 0.0171. The fraction of sp³-hybridized carbons (Fsp3) is 0.333. The molecule has 1 N–H and O–H groups in total. The fourth-order valence-corrected chi connectivity index (χ4v) is 4.12. The van der Waals surface area contributed by atoms with Crippen LogP contribution in [-0.4, -0.2) is 46.2 Å². The fourth-order valence-electron chi connectivity index (χ4n) is 3.02. The minimum absolute atomic E-state index is 0.0946. The monoisotopic (exact) mass is 400 g/mol. The van der Waals surface area contributed by atoms with Crippen LogP contribution in [0.2, 0.25) is 0 Å². The van der Waals surface area contributed by atoms with Crippen molar-refractivity contribution in [2.24, 2.45) is 0 Å². The summed E-state index contributed by atoms with van der Waals surface area (Å²) in [5.41, 5.74) is 0.596. The summed E-state index contributed by atoms with van der Waals surface area (Å²) >= 11 is 0. The number of sulfonamides is 1. The maximum atomic E-state index is 13.9. The molecule has 0 spiro atoms. The number of halogens is 3. The maximum Gasteiger partial charge on any atom is 0.243 e. The molecule has 27 heavy (non-hydrogen) atoms. The van der Waals surface area contributed by atoms with Gasteiger partial charge in [-0.3, -0.25) is 4.90 Å². The summed E-state index contributed by atoms with van der Waals surface area (Å²) in [7, 11) is -4.20. The Hall–Kier alpha value is -1.94. The molecule has 1 heterocycles. The zero-order chi connectivity index (χ0) is 19.4. The predicted molar refractivity (Wildman–Crippen MR) is 93.1 cm³/mol. The van der Waals surface area contributed by atoms with Crippen LogP contribution in [0.3, 0.4) is 0 Å². The highest BCUT2D eigenvalue weighted by Crippen LogP contribution is 2.23. The van der Waals surface area contributed by atoms with Gasteiger partial charge in [-0.1, -0.05) is 12.1 Å². The van der Waals surface area contributed by atoms with E-state index in [1.54, 1.807) is 12.1 Å². The molecule has 0 aromatic heterocycles. The van der Waals surface area contributed by atoms with Crippen LogP contribution in [0.4, 0.5) is 13.2 Å². The molecule has 0 aliphatic carbocycles. The number of rotatable bonds is 6. The number of hydrogen-bond donors (Lipinski definition) is 1. The third-order valence-corrected chi connectivity index (χ3v) is 5.83. The lowest BCUT2D eigenvalue weighted by Crippen LogP contribution is -2.43. The van der Waals surface area contributed by atoms with Gasteiger partial charge in [0.1, 0.15) is 22.3 Å². The standard InChI is InChI=1S/C18H19F3N2O3S/c19-14-3-1-2-13(10-14)17(23-6-8-26-9-7-23)12-22-27(24,25)18-5-4-15(20)11-16(18)21/h1-5,10-11,17,22H,6-9,12H2. The number of morpholine rings is 1. The van der Waals surface area contributed by atoms with E-state index in [9.17, 15) is 21.6 Å². The summed E-state index contributed by atoms with van der Waals surface area (Å²) in [4.78, 5) is 1.34. The third-order valence-electron chi connectivity index (χ3n) is 4.37. The van der Waals surface area contributed by atoms with Crippen LogP contribution >= 0.6 is 0 Å². The first-order valence-electron chi connectivity index (χ1n) is 8.39. The summed E-state index contributed by atoms with van der Waals surface area (Å²) < 4.78 is 73.2. The van der Waals surface area contributed by atoms with Crippen LogP contribution < -0.4 is 4.72 Å². The van der Waals surface area contributed by atoms with Gasteiger partial charge in [0.25, 0.3) is 0 Å². The van der Waals surface area contributed by atoms with Gasteiger partial charge in [0.05, 0.1) is 13.2 Å². The summed E-state index contributed by atoms with van der Waals surface area (Å²) in [5.74, 6) is -2.47. The van der Waals surface area contributed by atoms with Gasteiger partial charge in [-0.25, -0.2) is 26.3 Å². The number of nitrogens with one attached hydrogen (secondary N) is 1. The minimum atomic E-state index is -4.20. The van der Waals surface area contributed by atoms with Crippen LogP contribution in [-0.2, 0) is 14.8 Å². The van der Waals surface area contributed by atoms with Crippen molar-refractivity contribution >= 4 is 10.0 Å². The Morgan fingerprint density at radius 1 is 1.04 bits per heavy atom. The Balaban J connectivity index is 1.83. The molecule has 5 nitrogen and oxygen atoms in total. The first-order valence-corrected chi connectivity index (χ1v) is 9.87. The van der Waals surface area contributed by atoms with Crippen LogP contribution in [0.5, 0.6) is 0 Å². The molecule has 3 rings (SSSR count). The predicted octanol–water partition coefficient (Wildman–Crippen LogP) is 2.46. The van der Waals surface area contributed by atoms with E-state index in [1.807, 2.05) is 4.90 Å². The molecule has 0 bridgehead atoms. The minimum Gasteiger partial charge on any atom is -0.379 e. The quantitative estimate of drug-likeness (QED) is 0.809. The van der Waals surface area contributed by atoms with E-state index in [0.29, 0.717) is 37.9 Å². The first kappa shape index (κ1) is 19.8. The molecule has 2 aromatic rings. The van der Waals surface area contributed by atoms with Crippen molar-refractivity contribution in [3.63, 3.8) is 0 Å². The van der Waals surface area contributed by atoms with Gasteiger partial charge in [-0.2, -0.15) is 0 Å². The van der Waals surface area contributed by atoms with Crippen LogP contribution in [0.25, 0.3) is 0 Å². The van der Waals surface area contributed by atoms with Crippen LogP contribution in [0.1, 0.15) is 11.6 Å². The van der Waals surface area contributed by atoms with Crippen molar-refractivity contribution in [1.29, 1.82) is 0 Å². The molecule has 1 fully saturated rings. The largest absolute Gasteiger partial charge is 0.379 e. The molecule has 0 amide bonds. The molecule has 146 valence electrons. The average molecular weight is 400 g/mol. The highest BCUT2D eigenvalue weighted by atomic mass is 32.2. The molecule has 1 atom stereocenters. The van der Waals surface area contributed by atoms with E-state index < -0.39 is 38.4 Å². The van der Waals surface area contributed by atoms with Crippen molar-refractivity contribution in [3.8, 4) is 0 Å². The lowest BCUT2D eigenvalue weighted by atomic mass is 10.0. The van der Waals surface area contributed by atoms with Crippen molar-refractivity contribution < 1.29 is 26.3 Å². The molecule has 9 heteroatoms. The van der Waals surface area contributed by atoms with Crippen molar-refractivity contribution in [2.45, 2.75) is 10.9 Å². The first-order chi connectivity index (χ1) is 12.9. The molecular weight excluding hydrogens is 381 g/mol. The van der Waals surface area contributed by atoms with E-state index in [2.05, 4.69) is 4.72 Å². The molecule has 0 saturated carbocycles. The normalized spacial score (nSPS) is 17.0. The van der Waals surface area contributed by atoms with Gasteiger partial charge in [-0.15, -0.1) is 0 Å². The van der Waals surface area contributed by atoms with Crippen molar-refractivity contribution in [3.05, 3.63) is 65.5 Å². The van der Waals surface area contributed by atoms with Gasteiger partial charge in [0.15, 0.2) is 0 Å². The van der Waals surface area contributed by atoms with Crippen LogP contribution in [0, 0.1) is 17.5 Å². The highest BCUT2D eigenvalue weighted by Gasteiger charge is 2.26. The Bertz CT molecular complexity index is 902. The van der Waals surface area contributed by atoms with E-state index >= 15 is 0 Å². The lowest BCUT2D eigenvalue weighted by Gasteiger charge is -2.34. The van der Waals surface area contributed by atoms with E-state index in [4.69, 9.17) is 4.74 Å². The van der Waals surface area contributed by atoms with Gasteiger partial charge in [0.2, 0.25) is 10.0 Å². The topological polar surface area (TPSA) is 58.6 Å². The number of nitrogens with zero attached hydrogens (tertiary/aromatic N) is 1. The number of hydrogen-bond acceptors (Lipinski definition) is 4. The zero-order valence-corrected chi connectivity index (χ0v) is 15.2. The summed E-state index contributed by atoms with van der Waals surface area (Å²) in [6.45, 7) is 1.96. The Labute approximate surface area is 155 Å². The van der Waals surface area contributed by atoms with E-state index in [-0.39, 0.29) is 6.54 Å². The molecular formula is C18H19F3N2O3S. The van der Waals surface area contributed by atoms with Crippen LogP contribution in [0.15, 0.2) is 47.4 Å². The highest BCUT2D eigenvalue weighted by molar-refractivity contribution is 7.89. The molecule has 1 unspecified atom stereocenters. The third kappa shape index (κ3) is 4.86. The SMILES string of the molecule is O=S(=O)(NCC(c1cccc(F)c1)N1CCOCC1)c1ccc(F)cc1F. The molecule has 2 aromatic carbocycles. The van der Waals surface area contributed by atoms with Crippen molar-refractivity contribution in [1.82, 2.24) is 9.62 Å². The summed E-state index contributed by atoms with van der Waals surface area (Å²) in [6, 6.07) is 7.71. The van der Waals surface area contributed by atoms with E-state index in [0.717, 1.165) is 12.1 Å². The van der Waals surface area contributed by atoms with Gasteiger partial charge >= 0.3 is 0 Å². The van der Waals surface area contributed by atoms with Gasteiger partial charge in [-0.05, 0) is 29.8 Å². The molecule has 1 aliphatic rings. The smallest absolute Gasteiger partial charge is 0.243 e. The summed E-state index contributed by atoms with van der Waals surface area (Å²) in [5, 5.41) is 0. The van der Waals surface area contributed by atoms with E-state index in [1.165, 1.54) is 12.1 Å². The zero-order valence-electron chi connectivity index (χ0n) is 14.4. The van der Waals surface area contributed by atoms with Crippen molar-refractivity contribution in [2.75, 3.05) is 32.8 Å². The second-order valence-electron chi connectivity index (χ2n) is 6.15. The number of benzene rings is 2. The Kier molecular flexibility index (Phi) is 6.15. The second kappa shape index (κ2) is 8.39. The Morgan fingerprint density at radius 3 is 2.41 bits per heavy atom. The maximum absolute atomic E-state index is 13.9. The molecule has 1 saturated heterocycles. The second-order valence-corrected chi connectivity index (χ2v) is 7.88. The Morgan fingerprint density at radius 2 is 1.74 bits per heavy atom. The number of ether oxygens (including phenoxy) is 1. The average Bonchev–Trinajstić information content (AvgIpc) is 2.62. The van der Waals surface area contributed by atoms with Gasteiger partial charge < -0.3 is 4.74 Å². The molecule has 1 aliphatic heterocycles.